The number of amides is 2. The number of hydrogen-bond acceptors (Lipinski definition) is 9. The van der Waals surface area contributed by atoms with Crippen LogP contribution in [0.1, 0.15) is 74.2 Å². The van der Waals surface area contributed by atoms with Gasteiger partial charge in [0, 0.05) is 43.7 Å². The van der Waals surface area contributed by atoms with Crippen molar-refractivity contribution in [3.8, 4) is 16.8 Å². The molecule has 6 rings (SSSR count). The van der Waals surface area contributed by atoms with Gasteiger partial charge in [0.15, 0.2) is 6.29 Å². The summed E-state index contributed by atoms with van der Waals surface area (Å²) < 4.78 is 15.2. The van der Waals surface area contributed by atoms with Crippen LogP contribution in [0, 0.1) is 5.92 Å². The van der Waals surface area contributed by atoms with Gasteiger partial charge >= 0.3 is 0 Å². The SMILES string of the molecule is CC(=O)NCCCCCC(=O)NCc1cccc(-c2cccc(C3OC(CSc4nnnn4-c4ccccc4)C(C)C(c4ccc(CO)cc4)O3)c2)c1. The molecule has 4 aromatic carbocycles. The van der Waals surface area contributed by atoms with Gasteiger partial charge in [0.2, 0.25) is 17.0 Å². The average Bonchev–Trinajstić information content (AvgIpc) is 3.67. The Morgan fingerprint density at radius 3 is 2.38 bits per heavy atom. The molecule has 276 valence electrons. The normalized spacial score (nSPS) is 18.4. The molecule has 1 aliphatic rings. The van der Waals surface area contributed by atoms with Crippen LogP contribution in [-0.2, 0) is 32.2 Å². The van der Waals surface area contributed by atoms with Crippen LogP contribution in [0.4, 0.5) is 0 Å². The molecule has 0 aliphatic carbocycles. The summed E-state index contributed by atoms with van der Waals surface area (Å²) in [5.41, 5.74) is 6.68. The van der Waals surface area contributed by atoms with Crippen LogP contribution in [-0.4, -0.2) is 55.5 Å². The van der Waals surface area contributed by atoms with Crippen molar-refractivity contribution < 1.29 is 24.2 Å². The number of thioether (sulfide) groups is 1. The summed E-state index contributed by atoms with van der Waals surface area (Å²) in [5.74, 6) is 0.585. The third kappa shape index (κ3) is 10.4. The van der Waals surface area contributed by atoms with E-state index in [9.17, 15) is 14.7 Å². The molecule has 4 atom stereocenters. The maximum atomic E-state index is 12.5. The molecule has 53 heavy (non-hydrogen) atoms. The van der Waals surface area contributed by atoms with Gasteiger partial charge in [-0.1, -0.05) is 104 Å². The van der Waals surface area contributed by atoms with E-state index < -0.39 is 6.29 Å². The van der Waals surface area contributed by atoms with Crippen LogP contribution >= 0.6 is 11.8 Å². The molecule has 1 fully saturated rings. The summed E-state index contributed by atoms with van der Waals surface area (Å²) >= 11 is 1.55. The summed E-state index contributed by atoms with van der Waals surface area (Å²) in [5, 5.41) is 28.6. The molecule has 5 aromatic rings. The second-order valence-corrected chi connectivity index (χ2v) is 14.2. The number of aliphatic hydroxyl groups is 1. The highest BCUT2D eigenvalue weighted by Crippen LogP contribution is 2.43. The number of aliphatic hydroxyl groups excluding tert-OH is 1. The van der Waals surface area contributed by atoms with E-state index in [2.05, 4.69) is 57.3 Å². The Kier molecular flexibility index (Phi) is 13.4. The maximum Gasteiger partial charge on any atom is 0.220 e. The van der Waals surface area contributed by atoms with E-state index in [0.717, 1.165) is 58.3 Å². The minimum Gasteiger partial charge on any atom is -0.392 e. The fourth-order valence-electron chi connectivity index (χ4n) is 6.33. The van der Waals surface area contributed by atoms with Crippen LogP contribution in [0.2, 0.25) is 0 Å². The number of aromatic nitrogens is 4. The Hall–Kier alpha value is -4.88. The van der Waals surface area contributed by atoms with E-state index in [1.807, 2.05) is 78.9 Å². The molecule has 1 aliphatic heterocycles. The second kappa shape index (κ2) is 18.7. The molecule has 0 saturated carbocycles. The standard InChI is InChI=1S/C41H46N6O5S/c1-28-37(27-53-41-44-45-46-47(41)36-15-5-3-6-16-36)51-40(52-39(28)32-20-18-30(26-48)19-21-32)35-14-10-13-34(24-35)33-12-9-11-31(23-33)25-43-38(50)17-7-4-8-22-42-29(2)49/h3,5-6,9-16,18-21,23-24,28,37,39-40,48H,4,7-8,17,22,25-27H2,1-2H3,(H,42,49)(H,43,50). The van der Waals surface area contributed by atoms with Crippen LogP contribution in [0.5, 0.6) is 0 Å². The third-order valence-electron chi connectivity index (χ3n) is 9.31. The van der Waals surface area contributed by atoms with Crippen molar-refractivity contribution in [3.05, 3.63) is 125 Å². The molecular formula is C41H46N6O5S. The first-order valence-corrected chi connectivity index (χ1v) is 19.0. The third-order valence-corrected chi connectivity index (χ3v) is 10.3. The van der Waals surface area contributed by atoms with Crippen molar-refractivity contribution in [3.63, 3.8) is 0 Å². The number of ether oxygens (including phenoxy) is 2. The number of carbonyl (C=O) groups excluding carboxylic acids is 2. The van der Waals surface area contributed by atoms with Crippen molar-refractivity contribution >= 4 is 23.6 Å². The largest absolute Gasteiger partial charge is 0.392 e. The number of rotatable bonds is 16. The summed E-state index contributed by atoms with van der Waals surface area (Å²) in [6.07, 6.45) is 1.89. The van der Waals surface area contributed by atoms with Gasteiger partial charge in [-0.05, 0) is 75.4 Å². The first-order valence-electron chi connectivity index (χ1n) is 18.1. The fraction of sp³-hybridized carbons (Fsp3) is 0.341. The maximum absolute atomic E-state index is 12.5. The molecule has 0 bridgehead atoms. The zero-order chi connectivity index (χ0) is 37.0. The van der Waals surface area contributed by atoms with Gasteiger partial charge in [0.1, 0.15) is 0 Å². The van der Waals surface area contributed by atoms with Crippen LogP contribution < -0.4 is 10.6 Å². The smallest absolute Gasteiger partial charge is 0.220 e. The van der Waals surface area contributed by atoms with E-state index in [1.54, 1.807) is 16.4 Å². The molecule has 3 N–H and O–H groups in total. The van der Waals surface area contributed by atoms with Crippen molar-refractivity contribution in [2.75, 3.05) is 12.3 Å². The Labute approximate surface area is 314 Å². The topological polar surface area (TPSA) is 140 Å². The predicted molar refractivity (Wildman–Crippen MR) is 204 cm³/mol. The number of carbonyl (C=O) groups is 2. The molecule has 11 nitrogen and oxygen atoms in total. The quantitative estimate of drug-likeness (QED) is 0.0745. The van der Waals surface area contributed by atoms with Crippen molar-refractivity contribution in [2.24, 2.45) is 5.92 Å². The lowest BCUT2D eigenvalue weighted by atomic mass is 9.91. The minimum atomic E-state index is -0.634. The van der Waals surface area contributed by atoms with Gasteiger partial charge in [-0.15, -0.1) is 5.10 Å². The van der Waals surface area contributed by atoms with E-state index >= 15 is 0 Å². The zero-order valence-electron chi connectivity index (χ0n) is 30.1. The van der Waals surface area contributed by atoms with E-state index in [1.165, 1.54) is 6.92 Å². The van der Waals surface area contributed by atoms with Gasteiger partial charge in [-0.25, -0.2) is 0 Å². The highest BCUT2D eigenvalue weighted by Gasteiger charge is 2.38. The molecule has 2 heterocycles. The van der Waals surface area contributed by atoms with Gasteiger partial charge in [-0.2, -0.15) is 4.68 Å². The first kappa shape index (κ1) is 37.9. The number of tetrazole rings is 1. The van der Waals surface area contributed by atoms with Gasteiger partial charge in [0.25, 0.3) is 0 Å². The molecule has 2 amide bonds. The fourth-order valence-corrected chi connectivity index (χ4v) is 7.39. The summed E-state index contributed by atoms with van der Waals surface area (Å²) in [6.45, 7) is 4.70. The number of unbranched alkanes of at least 4 members (excludes halogenated alkanes) is 2. The summed E-state index contributed by atoms with van der Waals surface area (Å²) in [4.78, 5) is 23.5. The molecule has 12 heteroatoms. The van der Waals surface area contributed by atoms with Crippen LogP contribution in [0.3, 0.4) is 0 Å². The number of para-hydroxylation sites is 1. The van der Waals surface area contributed by atoms with Crippen LogP contribution in [0.25, 0.3) is 16.8 Å². The van der Waals surface area contributed by atoms with Gasteiger partial charge in [0.05, 0.1) is 24.5 Å². The number of nitrogens with zero attached hydrogens (tertiary/aromatic N) is 4. The van der Waals surface area contributed by atoms with E-state index in [4.69, 9.17) is 9.47 Å². The average molecular weight is 735 g/mol. The number of benzene rings is 4. The number of nitrogens with one attached hydrogen (secondary N) is 2. The van der Waals surface area contributed by atoms with Gasteiger partial charge < -0.3 is 25.2 Å². The lowest BCUT2D eigenvalue weighted by Gasteiger charge is -2.41. The molecule has 0 radical (unpaired) electrons. The molecular weight excluding hydrogens is 689 g/mol. The van der Waals surface area contributed by atoms with E-state index in [0.29, 0.717) is 30.4 Å². The van der Waals surface area contributed by atoms with Crippen molar-refractivity contribution in [2.45, 2.75) is 76.3 Å². The van der Waals surface area contributed by atoms with Crippen molar-refractivity contribution in [1.82, 2.24) is 30.8 Å². The van der Waals surface area contributed by atoms with E-state index in [-0.39, 0.29) is 36.5 Å². The lowest BCUT2D eigenvalue weighted by molar-refractivity contribution is -0.268. The number of hydrogen-bond donors (Lipinski definition) is 3. The Morgan fingerprint density at radius 2 is 1.60 bits per heavy atom. The Balaban J connectivity index is 1.15. The van der Waals surface area contributed by atoms with Crippen LogP contribution in [0.15, 0.2) is 108 Å². The molecule has 4 unspecified atom stereocenters. The zero-order valence-corrected chi connectivity index (χ0v) is 30.9. The predicted octanol–water partition coefficient (Wildman–Crippen LogP) is 6.72. The molecule has 0 spiro atoms. The summed E-state index contributed by atoms with van der Waals surface area (Å²) in [6, 6.07) is 34.1. The first-order chi connectivity index (χ1) is 25.9. The minimum absolute atomic E-state index is 0.00130. The van der Waals surface area contributed by atoms with Gasteiger partial charge in [-0.3, -0.25) is 9.59 Å². The Bertz CT molecular complexity index is 1940. The molecule has 1 aromatic heterocycles. The Morgan fingerprint density at radius 1 is 0.830 bits per heavy atom. The summed E-state index contributed by atoms with van der Waals surface area (Å²) in [7, 11) is 0. The lowest BCUT2D eigenvalue weighted by Crippen LogP contribution is -2.38. The van der Waals surface area contributed by atoms with Crippen molar-refractivity contribution in [1.29, 1.82) is 0 Å². The highest BCUT2D eigenvalue weighted by molar-refractivity contribution is 7.99. The monoisotopic (exact) mass is 734 g/mol. The highest BCUT2D eigenvalue weighted by atomic mass is 32.2. The second-order valence-electron chi connectivity index (χ2n) is 13.2. The molecule has 1 saturated heterocycles.